The molecule has 0 saturated carbocycles. The van der Waals surface area contributed by atoms with E-state index >= 15 is 4.39 Å². The van der Waals surface area contributed by atoms with Crippen molar-refractivity contribution in [2.75, 3.05) is 24.5 Å². The molecule has 1 aromatic heterocycles. The lowest BCUT2D eigenvalue weighted by Crippen LogP contribution is -2.50. The van der Waals surface area contributed by atoms with Crippen LogP contribution in [0.4, 0.5) is 19.0 Å². The fourth-order valence-corrected chi connectivity index (χ4v) is 6.06. The third-order valence-corrected chi connectivity index (χ3v) is 8.48. The van der Waals surface area contributed by atoms with Crippen molar-refractivity contribution in [2.24, 2.45) is 10.9 Å². The van der Waals surface area contributed by atoms with Crippen LogP contribution < -0.4 is 4.90 Å². The van der Waals surface area contributed by atoms with Crippen LogP contribution in [0.5, 0.6) is 0 Å². The van der Waals surface area contributed by atoms with Crippen molar-refractivity contribution in [2.45, 2.75) is 59.2 Å². The molecule has 3 aliphatic heterocycles. The maximum absolute atomic E-state index is 15.1. The fourth-order valence-electron chi connectivity index (χ4n) is 6.06. The Labute approximate surface area is 242 Å². The van der Waals surface area contributed by atoms with Crippen molar-refractivity contribution in [1.82, 2.24) is 19.4 Å². The maximum Gasteiger partial charge on any atom is 0.283 e. The lowest BCUT2D eigenvalue weighted by Gasteiger charge is -2.34. The number of anilines is 1. The Bertz CT molecular complexity index is 1620. The number of amides is 2. The van der Waals surface area contributed by atoms with Gasteiger partial charge in [-0.15, -0.1) is 0 Å². The summed E-state index contributed by atoms with van der Waals surface area (Å²) in [6.07, 6.45) is 1.70. The lowest BCUT2D eigenvalue weighted by atomic mass is 10.1. The quantitative estimate of drug-likeness (QED) is 0.397. The van der Waals surface area contributed by atoms with E-state index in [1.54, 1.807) is 14.4 Å². The van der Waals surface area contributed by atoms with E-state index in [1.807, 2.05) is 18.7 Å². The van der Waals surface area contributed by atoms with E-state index in [9.17, 15) is 18.4 Å². The van der Waals surface area contributed by atoms with E-state index in [4.69, 9.17) is 9.98 Å². The van der Waals surface area contributed by atoms with Crippen LogP contribution in [0.2, 0.25) is 0 Å². The van der Waals surface area contributed by atoms with E-state index in [-0.39, 0.29) is 53.1 Å². The van der Waals surface area contributed by atoms with Gasteiger partial charge in [0.1, 0.15) is 29.1 Å². The highest BCUT2D eigenvalue weighted by molar-refractivity contribution is 6.18. The van der Waals surface area contributed by atoms with Gasteiger partial charge in [-0.3, -0.25) is 19.4 Å². The number of hydrogen-bond acceptors (Lipinski definition) is 5. The molecule has 0 bridgehead atoms. The Hall–Kier alpha value is -4.15. The number of fused-ring (bicyclic) bond motifs is 3. The highest BCUT2D eigenvalue weighted by Gasteiger charge is 2.44. The van der Waals surface area contributed by atoms with Crippen LogP contribution >= 0.6 is 0 Å². The summed E-state index contributed by atoms with van der Waals surface area (Å²) >= 11 is 0. The molecule has 3 aliphatic rings. The Morgan fingerprint density at radius 2 is 1.88 bits per heavy atom. The van der Waals surface area contributed by atoms with Crippen molar-refractivity contribution in [1.29, 1.82) is 0 Å². The second kappa shape index (κ2) is 10.6. The molecule has 0 radical (unpaired) electrons. The van der Waals surface area contributed by atoms with Crippen LogP contribution in [0.1, 0.15) is 66.9 Å². The van der Waals surface area contributed by atoms with Gasteiger partial charge in [0.05, 0.1) is 24.7 Å². The van der Waals surface area contributed by atoms with Gasteiger partial charge in [-0.05, 0) is 56.9 Å². The number of halogens is 3. The minimum absolute atomic E-state index is 0.00395. The monoisotopic (exact) mass is 578 g/mol. The zero-order valence-corrected chi connectivity index (χ0v) is 24.1. The van der Waals surface area contributed by atoms with Crippen molar-refractivity contribution < 1.29 is 22.8 Å². The molecule has 220 valence electrons. The second-order valence-electron chi connectivity index (χ2n) is 11.5. The minimum atomic E-state index is -0.742. The number of rotatable bonds is 6. The number of imidazole rings is 1. The first-order valence-corrected chi connectivity index (χ1v) is 14.4. The molecule has 3 aromatic rings. The predicted octanol–water partition coefficient (Wildman–Crippen LogP) is 5.32. The van der Waals surface area contributed by atoms with Gasteiger partial charge < -0.3 is 9.47 Å². The summed E-state index contributed by atoms with van der Waals surface area (Å²) in [5.41, 5.74) is 0.651. The van der Waals surface area contributed by atoms with E-state index < -0.39 is 23.4 Å². The number of aromatic nitrogens is 2. The summed E-state index contributed by atoms with van der Waals surface area (Å²) < 4.78 is 45.5. The van der Waals surface area contributed by atoms with Crippen molar-refractivity contribution >= 4 is 23.6 Å². The average molecular weight is 579 g/mol. The number of carbonyl (C=O) groups excluding carboxylic acids is 2. The number of hydrogen-bond donors (Lipinski definition) is 0. The molecule has 0 N–H and O–H groups in total. The van der Waals surface area contributed by atoms with Gasteiger partial charge in [0.25, 0.3) is 11.8 Å². The van der Waals surface area contributed by atoms with Crippen LogP contribution in [0.15, 0.2) is 41.4 Å². The van der Waals surface area contributed by atoms with Gasteiger partial charge in [0, 0.05) is 36.3 Å². The Morgan fingerprint density at radius 3 is 2.55 bits per heavy atom. The van der Waals surface area contributed by atoms with Gasteiger partial charge >= 0.3 is 0 Å². The molecule has 2 atom stereocenters. The molecule has 6 rings (SSSR count). The molecule has 11 heteroatoms. The largest absolute Gasteiger partial charge is 0.336 e. The number of benzene rings is 2. The maximum atomic E-state index is 15.1. The molecule has 4 heterocycles. The Balaban J connectivity index is 1.53. The highest BCUT2D eigenvalue weighted by Crippen LogP contribution is 2.38. The topological polar surface area (TPSA) is 74.0 Å². The number of nitrogens with zero attached hydrogens (tertiary/aromatic N) is 6. The molecule has 2 aromatic carbocycles. The van der Waals surface area contributed by atoms with Crippen LogP contribution in [0.3, 0.4) is 0 Å². The van der Waals surface area contributed by atoms with E-state index in [0.717, 1.165) is 18.9 Å². The summed E-state index contributed by atoms with van der Waals surface area (Å²) in [6, 6.07) is 7.43. The van der Waals surface area contributed by atoms with Crippen LogP contribution in [0, 0.1) is 23.4 Å². The molecular weight excluding hydrogens is 545 g/mol. The Morgan fingerprint density at radius 1 is 1.10 bits per heavy atom. The number of guanidine groups is 1. The molecular formula is C31H33F3N6O2. The van der Waals surface area contributed by atoms with Crippen LogP contribution in [-0.2, 0) is 6.54 Å². The molecule has 8 nitrogen and oxygen atoms in total. The van der Waals surface area contributed by atoms with Crippen molar-refractivity contribution in [3.63, 3.8) is 0 Å². The van der Waals surface area contributed by atoms with Crippen LogP contribution in [0.25, 0.3) is 11.4 Å². The fraction of sp³-hybridized carbons (Fsp3) is 0.419. The third-order valence-electron chi connectivity index (χ3n) is 8.48. The van der Waals surface area contributed by atoms with Crippen molar-refractivity contribution in [3.8, 4) is 11.4 Å². The van der Waals surface area contributed by atoms with Gasteiger partial charge in [-0.25, -0.2) is 23.1 Å². The first-order valence-electron chi connectivity index (χ1n) is 14.4. The molecule has 2 amide bonds. The predicted molar refractivity (Wildman–Crippen MR) is 153 cm³/mol. The normalized spacial score (nSPS) is 20.0. The molecule has 0 aliphatic carbocycles. The van der Waals surface area contributed by atoms with Crippen molar-refractivity contribution in [3.05, 3.63) is 70.7 Å². The zero-order valence-electron chi connectivity index (χ0n) is 24.1. The molecule has 0 spiro atoms. The molecule has 1 unspecified atom stereocenters. The van der Waals surface area contributed by atoms with Gasteiger partial charge in [-0.1, -0.05) is 19.9 Å². The van der Waals surface area contributed by atoms with Crippen LogP contribution in [-0.4, -0.2) is 68.8 Å². The highest BCUT2D eigenvalue weighted by atomic mass is 19.1. The molecule has 1 saturated heterocycles. The van der Waals surface area contributed by atoms with E-state index in [2.05, 4.69) is 13.8 Å². The average Bonchev–Trinajstić information content (AvgIpc) is 3.68. The summed E-state index contributed by atoms with van der Waals surface area (Å²) in [5.74, 6) is -1.45. The first kappa shape index (κ1) is 28.0. The summed E-state index contributed by atoms with van der Waals surface area (Å²) in [5, 5.41) is 0. The smallest absolute Gasteiger partial charge is 0.283 e. The van der Waals surface area contributed by atoms with Gasteiger partial charge in [-0.2, -0.15) is 0 Å². The number of likely N-dealkylation sites (tertiary alicyclic amines) is 1. The second-order valence-corrected chi connectivity index (χ2v) is 11.5. The summed E-state index contributed by atoms with van der Waals surface area (Å²) in [6.45, 7) is 9.24. The first-order chi connectivity index (χ1) is 20.1. The zero-order chi connectivity index (χ0) is 29.9. The summed E-state index contributed by atoms with van der Waals surface area (Å²) in [4.78, 5) is 41.9. The SMILES string of the molecule is CCN1C(=O)c2nc(-c3ccc(F)c(C(=O)N4CCCC4C)c3)n(Cc3ccc(F)cc3F)c2N2C[C@@H](C(C)C)N=C12. The van der Waals surface area contributed by atoms with Gasteiger partial charge in [0.2, 0.25) is 5.96 Å². The minimum Gasteiger partial charge on any atom is -0.336 e. The molecule has 1 fully saturated rings. The lowest BCUT2D eigenvalue weighted by molar-refractivity contribution is 0.0742. The third kappa shape index (κ3) is 4.55. The number of aliphatic imine (C=N–C) groups is 1. The molecule has 42 heavy (non-hydrogen) atoms. The number of carbonyl (C=O) groups is 2. The van der Waals surface area contributed by atoms with Gasteiger partial charge in [0.15, 0.2) is 5.69 Å². The Kier molecular flexibility index (Phi) is 7.06. The summed E-state index contributed by atoms with van der Waals surface area (Å²) in [7, 11) is 0. The van der Waals surface area contributed by atoms with E-state index in [0.29, 0.717) is 37.0 Å². The standard InChI is InChI=1S/C31H33F3N6O2/c1-5-37-30(42)26-28(40-16-25(17(2)3)35-31(37)40)39(15-20-8-10-21(32)14-24(20)34)27(36-26)19-9-11-23(33)22(13-19)29(41)38-12-6-7-18(38)4/h8-11,13-14,17-18,25H,5-7,12,15-16H2,1-4H3/t18?,25-/m0/s1. The van der Waals surface area contributed by atoms with E-state index in [1.165, 1.54) is 30.3 Å².